The van der Waals surface area contributed by atoms with Gasteiger partial charge in [0, 0.05) is 20.0 Å². The summed E-state index contributed by atoms with van der Waals surface area (Å²) in [6, 6.07) is 5.37. The van der Waals surface area contributed by atoms with Crippen LogP contribution in [0, 0.1) is 5.92 Å². The van der Waals surface area contributed by atoms with E-state index >= 15 is 0 Å². The summed E-state index contributed by atoms with van der Waals surface area (Å²) >= 11 is 5.92. The second-order valence-electron chi connectivity index (χ2n) is 5.44. The van der Waals surface area contributed by atoms with Crippen LogP contribution in [0.25, 0.3) is 0 Å². The van der Waals surface area contributed by atoms with Gasteiger partial charge in [0.15, 0.2) is 0 Å². The molecule has 1 aromatic rings. The van der Waals surface area contributed by atoms with E-state index in [1.807, 2.05) is 12.1 Å². The Morgan fingerprint density at radius 2 is 2.15 bits per heavy atom. The highest BCUT2D eigenvalue weighted by atomic mass is 35.5. The molecular formula is C15H21ClN2O2. The monoisotopic (exact) mass is 296 g/mol. The Labute approximate surface area is 124 Å². The van der Waals surface area contributed by atoms with E-state index in [2.05, 4.69) is 10.2 Å². The predicted molar refractivity (Wildman–Crippen MR) is 79.8 cm³/mol. The van der Waals surface area contributed by atoms with Gasteiger partial charge in [0.2, 0.25) is 5.91 Å². The number of amides is 1. The van der Waals surface area contributed by atoms with Crippen LogP contribution in [-0.2, 0) is 11.3 Å². The second-order valence-corrected chi connectivity index (χ2v) is 5.85. The first-order chi connectivity index (χ1) is 9.54. The summed E-state index contributed by atoms with van der Waals surface area (Å²) in [6.07, 6.45) is 2.21. The minimum Gasteiger partial charge on any atom is -0.506 e. The lowest BCUT2D eigenvalue weighted by Gasteiger charge is -2.32. The van der Waals surface area contributed by atoms with Gasteiger partial charge in [0.25, 0.3) is 0 Å². The maximum Gasteiger partial charge on any atom is 0.216 e. The Balaban J connectivity index is 1.79. The zero-order valence-corrected chi connectivity index (χ0v) is 12.5. The van der Waals surface area contributed by atoms with Crippen LogP contribution >= 0.6 is 11.6 Å². The molecule has 0 spiro atoms. The van der Waals surface area contributed by atoms with Crippen molar-refractivity contribution >= 4 is 17.5 Å². The second kappa shape index (κ2) is 6.95. The number of piperidine rings is 1. The average Bonchev–Trinajstić information content (AvgIpc) is 2.42. The number of benzene rings is 1. The maximum atomic E-state index is 10.9. The van der Waals surface area contributed by atoms with Crippen LogP contribution in [-0.4, -0.2) is 35.5 Å². The molecule has 1 fully saturated rings. The number of aromatic hydroxyl groups is 1. The molecule has 1 aliphatic heterocycles. The van der Waals surface area contributed by atoms with E-state index in [1.165, 1.54) is 0 Å². The molecule has 1 amide bonds. The fraction of sp³-hybridized carbons (Fsp3) is 0.533. The molecule has 0 bridgehead atoms. The van der Waals surface area contributed by atoms with E-state index in [0.717, 1.165) is 44.6 Å². The van der Waals surface area contributed by atoms with E-state index in [4.69, 9.17) is 11.6 Å². The minimum atomic E-state index is 0.0474. The van der Waals surface area contributed by atoms with Crippen molar-refractivity contribution in [3.05, 3.63) is 28.8 Å². The molecule has 0 aliphatic carbocycles. The average molecular weight is 297 g/mol. The molecular weight excluding hydrogens is 276 g/mol. The van der Waals surface area contributed by atoms with Gasteiger partial charge in [-0.1, -0.05) is 17.7 Å². The Kier molecular flexibility index (Phi) is 5.26. The van der Waals surface area contributed by atoms with Gasteiger partial charge in [-0.2, -0.15) is 0 Å². The molecule has 1 aliphatic rings. The quantitative estimate of drug-likeness (QED) is 0.897. The molecule has 4 nitrogen and oxygen atoms in total. The van der Waals surface area contributed by atoms with Gasteiger partial charge in [-0.3, -0.25) is 9.69 Å². The van der Waals surface area contributed by atoms with E-state index < -0.39 is 0 Å². The molecule has 0 aromatic heterocycles. The Hall–Kier alpha value is -1.26. The smallest absolute Gasteiger partial charge is 0.216 e. The maximum absolute atomic E-state index is 10.9. The normalized spacial score (nSPS) is 17.1. The van der Waals surface area contributed by atoms with Crippen LogP contribution in [0.1, 0.15) is 25.3 Å². The molecule has 1 saturated heterocycles. The van der Waals surface area contributed by atoms with Crippen molar-refractivity contribution in [2.75, 3.05) is 19.6 Å². The van der Waals surface area contributed by atoms with Gasteiger partial charge in [-0.15, -0.1) is 0 Å². The molecule has 2 rings (SSSR count). The highest BCUT2D eigenvalue weighted by molar-refractivity contribution is 6.32. The fourth-order valence-corrected chi connectivity index (χ4v) is 2.75. The number of carbonyl (C=O) groups is 1. The van der Waals surface area contributed by atoms with Crippen molar-refractivity contribution in [3.8, 4) is 5.75 Å². The molecule has 5 heteroatoms. The lowest BCUT2D eigenvalue weighted by molar-refractivity contribution is -0.119. The number of nitrogens with zero attached hydrogens (tertiary/aromatic N) is 1. The zero-order chi connectivity index (χ0) is 14.5. The molecule has 0 unspecified atom stereocenters. The van der Waals surface area contributed by atoms with Crippen LogP contribution in [0.15, 0.2) is 18.2 Å². The van der Waals surface area contributed by atoms with E-state index in [9.17, 15) is 9.90 Å². The number of halogens is 1. The molecule has 20 heavy (non-hydrogen) atoms. The number of hydrogen-bond donors (Lipinski definition) is 2. The summed E-state index contributed by atoms with van der Waals surface area (Å²) in [5.74, 6) is 0.758. The van der Waals surface area contributed by atoms with Gasteiger partial charge in [-0.05, 0) is 49.5 Å². The van der Waals surface area contributed by atoms with Crippen molar-refractivity contribution in [2.45, 2.75) is 26.3 Å². The van der Waals surface area contributed by atoms with E-state index in [-0.39, 0.29) is 11.7 Å². The highest BCUT2D eigenvalue weighted by Crippen LogP contribution is 2.25. The number of likely N-dealkylation sites (tertiary alicyclic amines) is 1. The Morgan fingerprint density at radius 1 is 1.45 bits per heavy atom. The first kappa shape index (κ1) is 15.1. The highest BCUT2D eigenvalue weighted by Gasteiger charge is 2.19. The van der Waals surface area contributed by atoms with Gasteiger partial charge >= 0.3 is 0 Å². The molecule has 1 heterocycles. The first-order valence-electron chi connectivity index (χ1n) is 6.99. The fourth-order valence-electron chi connectivity index (χ4n) is 2.54. The minimum absolute atomic E-state index is 0.0474. The third kappa shape index (κ3) is 4.39. The van der Waals surface area contributed by atoms with Gasteiger partial charge < -0.3 is 10.4 Å². The number of nitrogens with one attached hydrogen (secondary N) is 1. The lowest BCUT2D eigenvalue weighted by Crippen LogP contribution is -2.37. The summed E-state index contributed by atoms with van der Waals surface area (Å²) in [4.78, 5) is 13.3. The van der Waals surface area contributed by atoms with E-state index in [1.54, 1.807) is 13.0 Å². The molecule has 0 radical (unpaired) electrons. The summed E-state index contributed by atoms with van der Waals surface area (Å²) in [6.45, 7) is 5.26. The summed E-state index contributed by atoms with van der Waals surface area (Å²) < 4.78 is 0. The Bertz CT molecular complexity index is 471. The van der Waals surface area contributed by atoms with Gasteiger partial charge in [0.05, 0.1) is 5.02 Å². The summed E-state index contributed by atoms with van der Waals surface area (Å²) in [5.41, 5.74) is 1.12. The lowest BCUT2D eigenvalue weighted by atomic mass is 9.96. The number of carbonyl (C=O) groups excluding carboxylic acids is 1. The first-order valence-corrected chi connectivity index (χ1v) is 7.36. The topological polar surface area (TPSA) is 52.6 Å². The molecule has 2 N–H and O–H groups in total. The summed E-state index contributed by atoms with van der Waals surface area (Å²) in [5, 5.41) is 12.7. The molecule has 0 saturated carbocycles. The van der Waals surface area contributed by atoms with Gasteiger partial charge in [-0.25, -0.2) is 0 Å². The number of rotatable bonds is 4. The molecule has 0 atom stereocenters. The summed E-state index contributed by atoms with van der Waals surface area (Å²) in [7, 11) is 0. The predicted octanol–water partition coefficient (Wildman–Crippen LogP) is 2.39. The zero-order valence-electron chi connectivity index (χ0n) is 11.7. The molecule has 1 aromatic carbocycles. The van der Waals surface area contributed by atoms with Crippen LogP contribution in [0.3, 0.4) is 0 Å². The van der Waals surface area contributed by atoms with Crippen molar-refractivity contribution in [2.24, 2.45) is 5.92 Å². The van der Waals surface area contributed by atoms with Gasteiger partial charge in [0.1, 0.15) is 5.75 Å². The molecule has 110 valence electrons. The number of phenolic OH excluding ortho intramolecular Hbond substituents is 1. The van der Waals surface area contributed by atoms with Crippen LogP contribution in [0.4, 0.5) is 0 Å². The van der Waals surface area contributed by atoms with Crippen molar-refractivity contribution in [1.29, 1.82) is 0 Å². The van der Waals surface area contributed by atoms with Crippen LogP contribution in [0.5, 0.6) is 5.75 Å². The standard InChI is InChI=1S/C15H21ClN2O2/c1-11(19)17-9-12-4-6-18(7-5-12)10-13-2-3-15(20)14(16)8-13/h2-3,8,12,20H,4-7,9-10H2,1H3,(H,17,19). The van der Waals surface area contributed by atoms with Crippen LogP contribution in [0.2, 0.25) is 5.02 Å². The SMILES string of the molecule is CC(=O)NCC1CCN(Cc2ccc(O)c(Cl)c2)CC1. The third-order valence-electron chi connectivity index (χ3n) is 3.77. The number of hydrogen-bond acceptors (Lipinski definition) is 3. The van der Waals surface area contributed by atoms with E-state index in [0.29, 0.717) is 10.9 Å². The Morgan fingerprint density at radius 3 is 2.75 bits per heavy atom. The van der Waals surface area contributed by atoms with Crippen molar-refractivity contribution in [3.63, 3.8) is 0 Å². The largest absolute Gasteiger partial charge is 0.506 e. The third-order valence-corrected chi connectivity index (χ3v) is 4.07. The van der Waals surface area contributed by atoms with Crippen LogP contribution < -0.4 is 5.32 Å². The van der Waals surface area contributed by atoms with Crippen molar-refractivity contribution in [1.82, 2.24) is 10.2 Å². The number of phenols is 1. The van der Waals surface area contributed by atoms with Crippen molar-refractivity contribution < 1.29 is 9.90 Å².